The van der Waals surface area contributed by atoms with Crippen molar-refractivity contribution in [2.24, 2.45) is 10.9 Å². The highest BCUT2D eigenvalue weighted by Gasteiger charge is 2.28. The molecule has 8 heteroatoms. The molecular formula is C22H33N5O2S. The number of hydrogen-bond acceptors (Lipinski definition) is 4. The lowest BCUT2D eigenvalue weighted by atomic mass is 9.93. The molecular weight excluding hydrogens is 398 g/mol. The van der Waals surface area contributed by atoms with E-state index in [2.05, 4.69) is 33.6 Å². The fourth-order valence-electron chi connectivity index (χ4n) is 3.89. The number of imidazole rings is 1. The molecule has 2 unspecified atom stereocenters. The van der Waals surface area contributed by atoms with E-state index in [1.54, 1.807) is 0 Å². The Labute approximate surface area is 180 Å². The van der Waals surface area contributed by atoms with E-state index in [1.165, 1.54) is 0 Å². The fraction of sp³-hybridized carbons (Fsp3) is 0.545. The standard InChI is InChI=1S/C22H33N5O2S/c1-3-24-22(26-13-10-19(2)21(16-26)27-14-12-23-18-27)25-11-7-15-30(28,29)17-20-8-5-4-6-9-20/h4-6,8-9,12,14,18-19,21H,3,7,10-11,13,15-17H2,1-2H3,(H,24,25). The van der Waals surface area contributed by atoms with Crippen molar-refractivity contribution in [3.8, 4) is 0 Å². The van der Waals surface area contributed by atoms with Crippen molar-refractivity contribution in [2.75, 3.05) is 31.9 Å². The third-order valence-corrected chi connectivity index (χ3v) is 7.25. The zero-order valence-corrected chi connectivity index (χ0v) is 18.8. The third-order valence-electron chi connectivity index (χ3n) is 5.57. The molecule has 30 heavy (non-hydrogen) atoms. The van der Waals surface area contributed by atoms with E-state index in [0.717, 1.165) is 37.6 Å². The molecule has 2 aromatic rings. The van der Waals surface area contributed by atoms with Crippen molar-refractivity contribution < 1.29 is 8.42 Å². The predicted octanol–water partition coefficient (Wildman–Crippen LogP) is 2.74. The molecule has 1 aromatic heterocycles. The number of guanidine groups is 1. The van der Waals surface area contributed by atoms with Gasteiger partial charge in [0.15, 0.2) is 15.8 Å². The van der Waals surface area contributed by atoms with Crippen LogP contribution in [0, 0.1) is 5.92 Å². The van der Waals surface area contributed by atoms with E-state index in [9.17, 15) is 8.42 Å². The van der Waals surface area contributed by atoms with Gasteiger partial charge in [0.25, 0.3) is 0 Å². The van der Waals surface area contributed by atoms with Crippen LogP contribution in [-0.4, -0.2) is 60.8 Å². The number of piperidine rings is 1. The van der Waals surface area contributed by atoms with E-state index < -0.39 is 9.84 Å². The molecule has 1 aliphatic heterocycles. The minimum atomic E-state index is -3.13. The lowest BCUT2D eigenvalue weighted by molar-refractivity contribution is 0.189. The average molecular weight is 432 g/mol. The molecule has 1 fully saturated rings. The first-order valence-electron chi connectivity index (χ1n) is 10.7. The number of hydrogen-bond donors (Lipinski definition) is 1. The van der Waals surface area contributed by atoms with Gasteiger partial charge >= 0.3 is 0 Å². The lowest BCUT2D eigenvalue weighted by Crippen LogP contribution is -2.49. The zero-order chi connectivity index (χ0) is 21.4. The predicted molar refractivity (Wildman–Crippen MR) is 121 cm³/mol. The largest absolute Gasteiger partial charge is 0.357 e. The van der Waals surface area contributed by atoms with E-state index in [0.29, 0.717) is 24.9 Å². The van der Waals surface area contributed by atoms with Crippen molar-refractivity contribution in [1.29, 1.82) is 0 Å². The topological polar surface area (TPSA) is 79.6 Å². The van der Waals surface area contributed by atoms with Gasteiger partial charge in [-0.1, -0.05) is 37.3 Å². The molecule has 0 amide bonds. The first-order chi connectivity index (χ1) is 14.5. The number of rotatable bonds is 8. The summed E-state index contributed by atoms with van der Waals surface area (Å²) in [5.74, 6) is 1.68. The number of benzene rings is 1. The Kier molecular flexibility index (Phi) is 7.90. The highest BCUT2D eigenvalue weighted by Crippen LogP contribution is 2.27. The molecule has 164 valence electrons. The summed E-state index contributed by atoms with van der Waals surface area (Å²) in [4.78, 5) is 11.2. The van der Waals surface area contributed by atoms with Gasteiger partial charge in [-0.15, -0.1) is 0 Å². The van der Waals surface area contributed by atoms with Crippen LogP contribution in [0.15, 0.2) is 54.0 Å². The third kappa shape index (κ3) is 6.32. The summed E-state index contributed by atoms with van der Waals surface area (Å²) in [5.41, 5.74) is 0.835. The van der Waals surface area contributed by atoms with Gasteiger partial charge in [0.1, 0.15) is 0 Å². The quantitative estimate of drug-likeness (QED) is 0.395. The summed E-state index contributed by atoms with van der Waals surface area (Å²) in [7, 11) is -3.13. The Hall–Kier alpha value is -2.35. The number of aliphatic imine (C=N–C) groups is 1. The first kappa shape index (κ1) is 22.3. The van der Waals surface area contributed by atoms with Crippen LogP contribution in [0.5, 0.6) is 0 Å². The maximum atomic E-state index is 12.4. The van der Waals surface area contributed by atoms with Gasteiger partial charge in [0.05, 0.1) is 23.9 Å². The molecule has 0 radical (unpaired) electrons. The molecule has 0 bridgehead atoms. The van der Waals surface area contributed by atoms with Gasteiger partial charge in [0.2, 0.25) is 0 Å². The zero-order valence-electron chi connectivity index (χ0n) is 17.9. The maximum absolute atomic E-state index is 12.4. The molecule has 1 saturated heterocycles. The Morgan fingerprint density at radius 2 is 2.10 bits per heavy atom. The van der Waals surface area contributed by atoms with Crippen molar-refractivity contribution in [2.45, 2.75) is 38.5 Å². The Morgan fingerprint density at radius 1 is 1.30 bits per heavy atom. The number of sulfone groups is 1. The summed E-state index contributed by atoms with van der Waals surface area (Å²) < 4.78 is 27.0. The van der Waals surface area contributed by atoms with Crippen LogP contribution in [-0.2, 0) is 15.6 Å². The monoisotopic (exact) mass is 431 g/mol. The molecule has 1 N–H and O–H groups in total. The average Bonchev–Trinajstić information content (AvgIpc) is 3.26. The maximum Gasteiger partial charge on any atom is 0.193 e. The van der Waals surface area contributed by atoms with E-state index in [-0.39, 0.29) is 11.5 Å². The fourth-order valence-corrected chi connectivity index (χ4v) is 5.30. The van der Waals surface area contributed by atoms with Crippen molar-refractivity contribution >= 4 is 15.8 Å². The van der Waals surface area contributed by atoms with E-state index >= 15 is 0 Å². The highest BCUT2D eigenvalue weighted by molar-refractivity contribution is 7.90. The summed E-state index contributed by atoms with van der Waals surface area (Å²) in [6.45, 7) is 7.44. The minimum absolute atomic E-state index is 0.0915. The summed E-state index contributed by atoms with van der Waals surface area (Å²) >= 11 is 0. The SMILES string of the molecule is CCNC(=NCCCS(=O)(=O)Cc1ccccc1)N1CCC(C)C(n2ccnc2)C1. The van der Waals surface area contributed by atoms with Crippen LogP contribution in [0.4, 0.5) is 0 Å². The number of likely N-dealkylation sites (tertiary alicyclic amines) is 1. The summed E-state index contributed by atoms with van der Waals surface area (Å²) in [5, 5.41) is 3.37. The van der Waals surface area contributed by atoms with Crippen LogP contribution in [0.1, 0.15) is 38.3 Å². The van der Waals surface area contributed by atoms with Crippen LogP contribution in [0.25, 0.3) is 0 Å². The normalized spacial score (nSPS) is 20.3. The molecule has 0 spiro atoms. The highest BCUT2D eigenvalue weighted by atomic mass is 32.2. The second kappa shape index (κ2) is 10.6. The van der Waals surface area contributed by atoms with Gasteiger partial charge < -0.3 is 14.8 Å². The summed E-state index contributed by atoms with van der Waals surface area (Å²) in [6, 6.07) is 9.70. The van der Waals surface area contributed by atoms with E-state index in [1.807, 2.05) is 49.1 Å². The molecule has 1 aromatic carbocycles. The molecule has 2 atom stereocenters. The lowest BCUT2D eigenvalue weighted by Gasteiger charge is -2.39. The Bertz CT molecular complexity index is 897. The molecule has 0 aliphatic carbocycles. The molecule has 0 saturated carbocycles. The van der Waals surface area contributed by atoms with Crippen molar-refractivity contribution in [3.63, 3.8) is 0 Å². The smallest absolute Gasteiger partial charge is 0.193 e. The van der Waals surface area contributed by atoms with Crippen LogP contribution < -0.4 is 5.32 Å². The minimum Gasteiger partial charge on any atom is -0.357 e. The number of nitrogens with one attached hydrogen (secondary N) is 1. The number of nitrogens with zero attached hydrogens (tertiary/aromatic N) is 4. The Balaban J connectivity index is 1.56. The van der Waals surface area contributed by atoms with Crippen molar-refractivity contribution in [1.82, 2.24) is 19.8 Å². The molecule has 2 heterocycles. The number of aromatic nitrogens is 2. The first-order valence-corrected chi connectivity index (χ1v) is 12.6. The molecule has 7 nitrogen and oxygen atoms in total. The molecule has 3 rings (SSSR count). The van der Waals surface area contributed by atoms with Gasteiger partial charge in [-0.25, -0.2) is 13.4 Å². The van der Waals surface area contributed by atoms with Gasteiger partial charge in [0, 0.05) is 38.6 Å². The van der Waals surface area contributed by atoms with Crippen molar-refractivity contribution in [3.05, 3.63) is 54.6 Å². The van der Waals surface area contributed by atoms with Crippen LogP contribution in [0.3, 0.4) is 0 Å². The van der Waals surface area contributed by atoms with Crippen LogP contribution >= 0.6 is 0 Å². The van der Waals surface area contributed by atoms with E-state index in [4.69, 9.17) is 4.99 Å². The molecule has 1 aliphatic rings. The Morgan fingerprint density at radius 3 is 2.80 bits per heavy atom. The second-order valence-electron chi connectivity index (χ2n) is 7.96. The van der Waals surface area contributed by atoms with Gasteiger partial charge in [-0.05, 0) is 31.2 Å². The van der Waals surface area contributed by atoms with Gasteiger partial charge in [-0.3, -0.25) is 4.99 Å². The second-order valence-corrected chi connectivity index (χ2v) is 10.1. The summed E-state index contributed by atoms with van der Waals surface area (Å²) in [6.07, 6.45) is 7.33. The van der Waals surface area contributed by atoms with Crippen LogP contribution in [0.2, 0.25) is 0 Å². The van der Waals surface area contributed by atoms with Gasteiger partial charge in [-0.2, -0.15) is 0 Å².